The van der Waals surface area contributed by atoms with Gasteiger partial charge in [0.15, 0.2) is 11.5 Å². The molecular weight excluding hydrogens is 851 g/mol. The maximum Gasteiger partial charge on any atom is 0.408 e. The SMILES string of the molecule is C[C@@H]1CN(c2ccc3c(=O)n(-c4ccc(Cl)c5c(NS(C)(=O)=O)nn(CC(F)(F)F)c45)c([C@H](Cc4cc(F)cc(F)c4)NC(=O)Cn4ccc(C5CC5)n4)nc3n2)C[C@H](C)O1. The molecule has 15 nitrogen and oxygen atoms in total. The molecule has 6 aromatic rings. The van der Waals surface area contributed by atoms with Crippen LogP contribution in [0.15, 0.2) is 59.5 Å². The lowest BCUT2D eigenvalue weighted by Crippen LogP contribution is -2.45. The van der Waals surface area contributed by atoms with Crippen LogP contribution in [0, 0.1) is 11.6 Å². The van der Waals surface area contributed by atoms with Crippen molar-refractivity contribution in [3.8, 4) is 5.69 Å². The largest absolute Gasteiger partial charge is 0.408 e. The van der Waals surface area contributed by atoms with E-state index in [1.54, 1.807) is 18.3 Å². The molecule has 22 heteroatoms. The lowest BCUT2D eigenvalue weighted by molar-refractivity contribution is -0.141. The van der Waals surface area contributed by atoms with Gasteiger partial charge >= 0.3 is 6.18 Å². The van der Waals surface area contributed by atoms with E-state index in [0.717, 1.165) is 41.5 Å². The molecular formula is C39H38ClF5N10O5S. The molecule has 4 aromatic heterocycles. The highest BCUT2D eigenvalue weighted by atomic mass is 35.5. The van der Waals surface area contributed by atoms with E-state index in [4.69, 9.17) is 26.3 Å². The number of carbonyl (C=O) groups is 1. The number of aromatic nitrogens is 7. The van der Waals surface area contributed by atoms with Gasteiger partial charge in [0.25, 0.3) is 5.56 Å². The fraction of sp³-hybridized carbons (Fsp3) is 0.385. The van der Waals surface area contributed by atoms with Crippen molar-refractivity contribution < 1.29 is 39.9 Å². The summed E-state index contributed by atoms with van der Waals surface area (Å²) in [5, 5.41) is 10.7. The molecule has 2 aliphatic rings. The first-order chi connectivity index (χ1) is 28.8. The molecule has 61 heavy (non-hydrogen) atoms. The molecule has 1 aliphatic carbocycles. The molecule has 5 heterocycles. The summed E-state index contributed by atoms with van der Waals surface area (Å²) in [6.45, 7) is 2.61. The van der Waals surface area contributed by atoms with Gasteiger partial charge in [-0.15, -0.1) is 0 Å². The van der Waals surface area contributed by atoms with Crippen LogP contribution < -0.4 is 20.5 Å². The first-order valence-corrected chi connectivity index (χ1v) is 21.4. The van der Waals surface area contributed by atoms with E-state index in [1.807, 2.05) is 18.7 Å². The summed E-state index contributed by atoms with van der Waals surface area (Å²) in [7, 11) is -4.14. The number of amides is 1. The smallest absolute Gasteiger partial charge is 0.372 e. The van der Waals surface area contributed by atoms with E-state index in [0.29, 0.717) is 29.7 Å². The normalized spacial score (nSPS) is 17.9. The van der Waals surface area contributed by atoms with Crippen molar-refractivity contribution in [3.63, 3.8) is 0 Å². The Morgan fingerprint density at radius 1 is 1.00 bits per heavy atom. The molecule has 2 N–H and O–H groups in total. The zero-order valence-electron chi connectivity index (χ0n) is 32.8. The fourth-order valence-electron chi connectivity index (χ4n) is 7.68. The Labute approximate surface area is 349 Å². The van der Waals surface area contributed by atoms with E-state index < -0.39 is 63.2 Å². The maximum atomic E-state index is 15.0. The number of hydrogen-bond donors (Lipinski definition) is 2. The second kappa shape index (κ2) is 16.0. The number of fused-ring (bicyclic) bond motifs is 2. The van der Waals surface area contributed by atoms with Gasteiger partial charge in [0.2, 0.25) is 15.9 Å². The number of ether oxygens (including phenoxy) is 1. The van der Waals surface area contributed by atoms with E-state index in [1.165, 1.54) is 22.9 Å². The Morgan fingerprint density at radius 2 is 1.70 bits per heavy atom. The number of morpholine rings is 1. The van der Waals surface area contributed by atoms with Crippen molar-refractivity contribution in [2.75, 3.05) is 29.0 Å². The number of hydrogen-bond acceptors (Lipinski definition) is 10. The molecule has 8 rings (SSSR count). The van der Waals surface area contributed by atoms with Crippen LogP contribution >= 0.6 is 11.6 Å². The van der Waals surface area contributed by atoms with Gasteiger partial charge in [-0.05, 0) is 74.7 Å². The van der Waals surface area contributed by atoms with Gasteiger partial charge in [-0.25, -0.2) is 27.2 Å². The molecule has 2 fully saturated rings. The first-order valence-electron chi connectivity index (χ1n) is 19.1. The van der Waals surface area contributed by atoms with E-state index in [-0.39, 0.29) is 69.6 Å². The van der Waals surface area contributed by atoms with Crippen molar-refractivity contribution in [1.29, 1.82) is 0 Å². The van der Waals surface area contributed by atoms with Gasteiger partial charge in [0.05, 0.1) is 57.2 Å². The highest BCUT2D eigenvalue weighted by molar-refractivity contribution is 7.92. The number of carbonyl (C=O) groups excluding carboxylic acids is 1. The van der Waals surface area contributed by atoms with E-state index >= 15 is 4.79 Å². The van der Waals surface area contributed by atoms with Gasteiger partial charge in [-0.2, -0.15) is 23.4 Å². The quantitative estimate of drug-likeness (QED) is 0.144. The summed E-state index contributed by atoms with van der Waals surface area (Å²) in [4.78, 5) is 40.5. The Morgan fingerprint density at radius 3 is 2.36 bits per heavy atom. The predicted octanol–water partition coefficient (Wildman–Crippen LogP) is 5.78. The third-order valence-corrected chi connectivity index (χ3v) is 11.0. The van der Waals surface area contributed by atoms with Crippen LogP contribution in [0.25, 0.3) is 27.6 Å². The minimum atomic E-state index is -4.91. The Bertz CT molecular complexity index is 2830. The van der Waals surface area contributed by atoms with Gasteiger partial charge in [-0.1, -0.05) is 11.6 Å². The summed E-state index contributed by atoms with van der Waals surface area (Å²) in [6, 6.07) is 8.60. The number of rotatable bonds is 12. The zero-order chi connectivity index (χ0) is 43.5. The Balaban J connectivity index is 1.37. The molecule has 0 radical (unpaired) electrons. The number of sulfonamides is 1. The van der Waals surface area contributed by atoms with Crippen LogP contribution in [0.3, 0.4) is 0 Å². The van der Waals surface area contributed by atoms with Crippen molar-refractivity contribution in [3.05, 3.63) is 98.8 Å². The van der Waals surface area contributed by atoms with Gasteiger partial charge in [-0.3, -0.25) is 28.2 Å². The highest BCUT2D eigenvalue weighted by Crippen LogP contribution is 2.39. The van der Waals surface area contributed by atoms with Crippen molar-refractivity contribution >= 4 is 61.1 Å². The molecule has 0 bridgehead atoms. The minimum absolute atomic E-state index is 0.0276. The van der Waals surface area contributed by atoms with Crippen molar-refractivity contribution in [2.45, 2.75) is 76.5 Å². The molecule has 2 aromatic carbocycles. The molecule has 322 valence electrons. The van der Waals surface area contributed by atoms with Gasteiger partial charge < -0.3 is 15.0 Å². The standard InChI is InChI=1S/C39H38ClF5N10O5S/c1-20-16-52(17-21(2)60-20)31-9-6-26-35(47-31)48-37(29(14-22-12-24(41)15-25(42)13-22)46-32(56)18-53-11-10-28(49-53)23-4-5-23)55(38(26)57)30-8-7-27(40)33-34(30)54(19-39(43,44)45)50-36(33)51-61(3,58)59/h6-13,15,20-21,23,29H,4-5,14,16-19H2,1-3H3,(H,46,56)(H,50,51)/t20-,21+,29-/m0/s1. The predicted molar refractivity (Wildman–Crippen MR) is 215 cm³/mol. The van der Waals surface area contributed by atoms with Gasteiger partial charge in [0.1, 0.15) is 36.4 Å². The highest BCUT2D eigenvalue weighted by Gasteiger charge is 2.34. The average Bonchev–Trinajstić information content (AvgIpc) is 3.80. The molecule has 1 amide bonds. The second-order valence-corrected chi connectivity index (χ2v) is 17.6. The zero-order valence-corrected chi connectivity index (χ0v) is 34.3. The second-order valence-electron chi connectivity index (χ2n) is 15.4. The van der Waals surface area contributed by atoms with Gasteiger partial charge in [0, 0.05) is 37.7 Å². The Hall–Kier alpha value is -5.67. The number of pyridine rings is 1. The topological polar surface area (TPSA) is 171 Å². The number of benzene rings is 2. The summed E-state index contributed by atoms with van der Waals surface area (Å²) >= 11 is 6.56. The van der Waals surface area contributed by atoms with Crippen LogP contribution in [0.4, 0.5) is 33.6 Å². The Kier molecular flexibility index (Phi) is 11.0. The lowest BCUT2D eigenvalue weighted by Gasteiger charge is -2.36. The molecule has 1 aliphatic heterocycles. The summed E-state index contributed by atoms with van der Waals surface area (Å²) in [5.41, 5.74) is -0.859. The number of nitrogens with zero attached hydrogens (tertiary/aromatic N) is 8. The van der Waals surface area contributed by atoms with E-state index in [9.17, 15) is 35.2 Å². The maximum absolute atomic E-state index is 15.0. The minimum Gasteiger partial charge on any atom is -0.372 e. The summed E-state index contributed by atoms with van der Waals surface area (Å²) in [6.07, 6.45) is -1.31. The summed E-state index contributed by atoms with van der Waals surface area (Å²) < 4.78 is 108. The van der Waals surface area contributed by atoms with Crippen molar-refractivity contribution in [2.24, 2.45) is 0 Å². The molecule has 0 spiro atoms. The van der Waals surface area contributed by atoms with E-state index in [2.05, 4.69) is 20.2 Å². The number of halogens is 6. The molecule has 1 saturated heterocycles. The third kappa shape index (κ3) is 9.32. The van der Waals surface area contributed by atoms with Crippen molar-refractivity contribution in [1.82, 2.24) is 39.4 Å². The number of alkyl halides is 3. The first kappa shape index (κ1) is 42.0. The summed E-state index contributed by atoms with van der Waals surface area (Å²) in [5.74, 6) is -2.67. The molecule has 3 atom stereocenters. The van der Waals surface area contributed by atoms with Crippen LogP contribution in [0.1, 0.15) is 55.7 Å². The molecule has 1 saturated carbocycles. The monoisotopic (exact) mass is 888 g/mol. The lowest BCUT2D eigenvalue weighted by atomic mass is 10.0. The third-order valence-electron chi connectivity index (χ3n) is 10.1. The van der Waals surface area contributed by atoms with Crippen LogP contribution in [-0.2, 0) is 39.1 Å². The van der Waals surface area contributed by atoms with Crippen LogP contribution in [0.2, 0.25) is 5.02 Å². The number of nitrogens with one attached hydrogen (secondary N) is 2. The fourth-order valence-corrected chi connectivity index (χ4v) is 8.41. The molecule has 0 unspecified atom stereocenters. The average molecular weight is 889 g/mol. The number of anilines is 2. The van der Waals surface area contributed by atoms with Crippen LogP contribution in [0.5, 0.6) is 0 Å². The van der Waals surface area contributed by atoms with Crippen LogP contribution in [-0.4, -0.2) is 86.2 Å².